The molecule has 16 heavy (non-hydrogen) atoms. The minimum Gasteiger partial charge on any atom is -0.478 e. The Hall–Kier alpha value is -1.41. The Morgan fingerprint density at radius 3 is 2.50 bits per heavy atom. The summed E-state index contributed by atoms with van der Waals surface area (Å²) in [5, 5.41) is 15.6. The minimum atomic E-state index is -3.60. The highest BCUT2D eigenvalue weighted by molar-refractivity contribution is 7.92. The summed E-state index contributed by atoms with van der Waals surface area (Å²) in [6.45, 7) is 0. The maximum atomic E-state index is 11.2. The van der Waals surface area contributed by atoms with E-state index in [0.29, 0.717) is 0 Å². The number of rotatable bonds is 3. The first-order valence-corrected chi connectivity index (χ1v) is 6.16. The van der Waals surface area contributed by atoms with Gasteiger partial charge in [-0.25, -0.2) is 13.2 Å². The largest absolute Gasteiger partial charge is 0.478 e. The molecule has 0 aromatic carbocycles. The molecular formula is C7H8ClN3O4S. The predicted molar refractivity (Wildman–Crippen MR) is 57.2 cm³/mol. The second-order valence-electron chi connectivity index (χ2n) is 2.94. The normalized spacial score (nSPS) is 11.2. The van der Waals surface area contributed by atoms with Gasteiger partial charge in [-0.3, -0.25) is 4.31 Å². The molecule has 1 aromatic rings. The number of nitrogens with zero attached hydrogens (tertiary/aromatic N) is 3. The van der Waals surface area contributed by atoms with Crippen molar-refractivity contribution in [3.8, 4) is 0 Å². The lowest BCUT2D eigenvalue weighted by atomic mass is 10.3. The van der Waals surface area contributed by atoms with Crippen LogP contribution in [0, 0.1) is 0 Å². The highest BCUT2D eigenvalue weighted by Crippen LogP contribution is 2.20. The van der Waals surface area contributed by atoms with Crippen LogP contribution in [0.25, 0.3) is 0 Å². The molecule has 0 aliphatic heterocycles. The molecule has 0 radical (unpaired) electrons. The number of hydrogen-bond acceptors (Lipinski definition) is 5. The van der Waals surface area contributed by atoms with Crippen LogP contribution in [0.1, 0.15) is 10.4 Å². The topological polar surface area (TPSA) is 100 Å². The molecule has 0 amide bonds. The minimum absolute atomic E-state index is 0.122. The molecule has 1 rings (SSSR count). The Kier molecular flexibility index (Phi) is 3.34. The van der Waals surface area contributed by atoms with Crippen LogP contribution in [0.2, 0.25) is 5.15 Å². The molecule has 0 saturated carbocycles. The summed E-state index contributed by atoms with van der Waals surface area (Å²) in [4.78, 5) is 10.9. The number of carboxylic acids is 1. The Labute approximate surface area is 96.7 Å². The van der Waals surface area contributed by atoms with Crippen molar-refractivity contribution in [3.63, 3.8) is 0 Å². The van der Waals surface area contributed by atoms with Crippen molar-refractivity contribution in [3.05, 3.63) is 16.8 Å². The van der Waals surface area contributed by atoms with Crippen LogP contribution in [-0.2, 0) is 10.0 Å². The summed E-state index contributed by atoms with van der Waals surface area (Å²) in [5.41, 5.74) is -0.326. The van der Waals surface area contributed by atoms with Crippen molar-refractivity contribution in [2.45, 2.75) is 0 Å². The summed E-state index contributed by atoms with van der Waals surface area (Å²) < 4.78 is 23.2. The van der Waals surface area contributed by atoms with Gasteiger partial charge < -0.3 is 5.11 Å². The lowest BCUT2D eigenvalue weighted by Gasteiger charge is -2.16. The van der Waals surface area contributed by atoms with Crippen LogP contribution in [0.5, 0.6) is 0 Å². The number of carbonyl (C=O) groups is 1. The predicted octanol–water partition coefficient (Wildman–Crippen LogP) is 0.224. The number of aromatic carboxylic acids is 1. The van der Waals surface area contributed by atoms with E-state index in [1.807, 2.05) is 0 Å². The van der Waals surface area contributed by atoms with E-state index in [0.717, 1.165) is 16.6 Å². The Balaban J connectivity index is 3.40. The molecule has 7 nitrogen and oxygen atoms in total. The number of sulfonamides is 1. The molecule has 0 spiro atoms. The SMILES string of the molecule is CN(c1nnc(Cl)cc1C(=O)O)S(C)(=O)=O. The molecule has 1 N–H and O–H groups in total. The fraction of sp³-hybridized carbons (Fsp3) is 0.286. The van der Waals surface area contributed by atoms with Crippen molar-refractivity contribution in [2.75, 3.05) is 17.6 Å². The fourth-order valence-corrected chi connectivity index (χ4v) is 1.50. The molecular weight excluding hydrogens is 258 g/mol. The van der Waals surface area contributed by atoms with E-state index in [1.165, 1.54) is 7.05 Å². The molecule has 0 bridgehead atoms. The zero-order valence-corrected chi connectivity index (χ0v) is 9.95. The third-order valence-corrected chi connectivity index (χ3v) is 3.12. The maximum absolute atomic E-state index is 11.2. The summed E-state index contributed by atoms with van der Waals surface area (Å²) >= 11 is 5.47. The van der Waals surface area contributed by atoms with Crippen molar-refractivity contribution in [2.24, 2.45) is 0 Å². The molecule has 0 fully saturated rings. The van der Waals surface area contributed by atoms with E-state index in [2.05, 4.69) is 10.2 Å². The Bertz CT molecular complexity index is 530. The average Bonchev–Trinajstić information content (AvgIpc) is 2.15. The summed E-state index contributed by atoms with van der Waals surface area (Å²) in [6.07, 6.45) is 0.926. The Morgan fingerprint density at radius 2 is 2.06 bits per heavy atom. The van der Waals surface area contributed by atoms with Gasteiger partial charge in [0.2, 0.25) is 10.0 Å². The van der Waals surface area contributed by atoms with Crippen LogP contribution in [0.3, 0.4) is 0 Å². The van der Waals surface area contributed by atoms with E-state index in [-0.39, 0.29) is 16.5 Å². The number of halogens is 1. The monoisotopic (exact) mass is 265 g/mol. The van der Waals surface area contributed by atoms with Gasteiger partial charge in [0.05, 0.1) is 6.26 Å². The molecule has 0 unspecified atom stereocenters. The van der Waals surface area contributed by atoms with E-state index in [1.54, 1.807) is 0 Å². The lowest BCUT2D eigenvalue weighted by molar-refractivity contribution is 0.0697. The second-order valence-corrected chi connectivity index (χ2v) is 5.34. The van der Waals surface area contributed by atoms with Gasteiger partial charge in [0, 0.05) is 7.05 Å². The van der Waals surface area contributed by atoms with Crippen molar-refractivity contribution in [1.29, 1.82) is 0 Å². The van der Waals surface area contributed by atoms with E-state index in [4.69, 9.17) is 16.7 Å². The molecule has 88 valence electrons. The molecule has 1 aromatic heterocycles. The standard InChI is InChI=1S/C7H8ClN3O4S/c1-11(16(2,14)15)6-4(7(12)13)3-5(8)9-10-6/h3H,1-2H3,(H,12,13). The summed E-state index contributed by atoms with van der Waals surface area (Å²) in [7, 11) is -2.42. The van der Waals surface area contributed by atoms with Crippen molar-refractivity contribution >= 4 is 33.4 Å². The van der Waals surface area contributed by atoms with Crippen LogP contribution in [-0.4, -0.2) is 43.0 Å². The van der Waals surface area contributed by atoms with Crippen LogP contribution in [0.15, 0.2) is 6.07 Å². The highest BCUT2D eigenvalue weighted by Gasteiger charge is 2.22. The number of hydrogen-bond donors (Lipinski definition) is 1. The van der Waals surface area contributed by atoms with Gasteiger partial charge in [0.25, 0.3) is 0 Å². The zero-order chi connectivity index (χ0) is 12.5. The van der Waals surface area contributed by atoms with Gasteiger partial charge in [0.15, 0.2) is 11.0 Å². The zero-order valence-electron chi connectivity index (χ0n) is 8.38. The van der Waals surface area contributed by atoms with E-state index in [9.17, 15) is 13.2 Å². The molecule has 1 heterocycles. The van der Waals surface area contributed by atoms with E-state index >= 15 is 0 Å². The fourth-order valence-electron chi connectivity index (χ4n) is 0.909. The first kappa shape index (κ1) is 12.7. The number of aromatic nitrogens is 2. The lowest BCUT2D eigenvalue weighted by Crippen LogP contribution is -2.28. The number of carboxylic acid groups (broad SMARTS) is 1. The smallest absolute Gasteiger partial charge is 0.339 e. The molecule has 0 atom stereocenters. The quantitative estimate of drug-likeness (QED) is 0.839. The first-order chi connectivity index (χ1) is 7.23. The molecule has 9 heteroatoms. The van der Waals surface area contributed by atoms with Gasteiger partial charge in [-0.2, -0.15) is 0 Å². The third-order valence-electron chi connectivity index (χ3n) is 1.77. The van der Waals surface area contributed by atoms with Gasteiger partial charge in [-0.05, 0) is 6.07 Å². The second kappa shape index (κ2) is 4.22. The maximum Gasteiger partial charge on any atom is 0.339 e. The van der Waals surface area contributed by atoms with Crippen molar-refractivity contribution in [1.82, 2.24) is 10.2 Å². The molecule has 0 saturated heterocycles. The van der Waals surface area contributed by atoms with Crippen LogP contribution in [0.4, 0.5) is 5.82 Å². The van der Waals surface area contributed by atoms with Crippen molar-refractivity contribution < 1.29 is 18.3 Å². The third kappa shape index (κ3) is 2.58. The Morgan fingerprint density at radius 1 is 1.50 bits per heavy atom. The van der Waals surface area contributed by atoms with Gasteiger partial charge >= 0.3 is 5.97 Å². The van der Waals surface area contributed by atoms with Gasteiger partial charge in [-0.1, -0.05) is 11.6 Å². The summed E-state index contributed by atoms with van der Waals surface area (Å²) in [6, 6.07) is 1.04. The molecule has 0 aliphatic rings. The first-order valence-electron chi connectivity index (χ1n) is 3.94. The van der Waals surface area contributed by atoms with Crippen LogP contribution < -0.4 is 4.31 Å². The molecule has 0 aliphatic carbocycles. The van der Waals surface area contributed by atoms with Gasteiger partial charge in [-0.15, -0.1) is 10.2 Å². The van der Waals surface area contributed by atoms with Crippen LogP contribution >= 0.6 is 11.6 Å². The van der Waals surface area contributed by atoms with E-state index < -0.39 is 16.0 Å². The summed E-state index contributed by atoms with van der Waals surface area (Å²) in [5.74, 6) is -1.61. The van der Waals surface area contributed by atoms with Gasteiger partial charge in [0.1, 0.15) is 5.56 Å². The highest BCUT2D eigenvalue weighted by atomic mass is 35.5. The average molecular weight is 266 g/mol. The number of anilines is 1.